The molecule has 0 aliphatic rings. The minimum Gasteiger partial charge on any atom is -0.464 e. The molecule has 1 atom stereocenters. The molecule has 0 rings (SSSR count). The third kappa shape index (κ3) is 4.07. The SMILES string of the molecule is CN[C@@H](C)C(=O)OCC(C)(C)C(F)(F)F. The van der Waals surface area contributed by atoms with Gasteiger partial charge in [-0.2, -0.15) is 13.2 Å². The maximum absolute atomic E-state index is 12.4. The van der Waals surface area contributed by atoms with E-state index < -0.39 is 30.2 Å². The predicted molar refractivity (Wildman–Crippen MR) is 49.3 cm³/mol. The van der Waals surface area contributed by atoms with Crippen molar-refractivity contribution in [2.24, 2.45) is 5.41 Å². The molecule has 1 N–H and O–H groups in total. The molecule has 0 saturated carbocycles. The standard InChI is InChI=1S/C9H16F3NO2/c1-6(13-4)7(14)15-5-8(2,3)9(10,11)12/h6,13H,5H2,1-4H3/t6-/m0/s1. The maximum Gasteiger partial charge on any atom is 0.397 e. The molecule has 0 fully saturated rings. The molecule has 0 saturated heterocycles. The first kappa shape index (κ1) is 14.2. The lowest BCUT2D eigenvalue weighted by atomic mass is 9.94. The number of halogens is 3. The highest BCUT2D eigenvalue weighted by molar-refractivity contribution is 5.75. The lowest BCUT2D eigenvalue weighted by Crippen LogP contribution is -2.40. The molecule has 0 aliphatic heterocycles. The molecule has 0 amide bonds. The van der Waals surface area contributed by atoms with Crippen LogP contribution in [0.25, 0.3) is 0 Å². The number of carbonyl (C=O) groups excluding carboxylic acids is 1. The second-order valence-electron chi connectivity index (χ2n) is 4.00. The Hall–Kier alpha value is -0.780. The first-order valence-corrected chi connectivity index (χ1v) is 4.52. The molecule has 3 nitrogen and oxygen atoms in total. The summed E-state index contributed by atoms with van der Waals surface area (Å²) in [7, 11) is 1.53. The first-order chi connectivity index (χ1) is 6.62. The molecule has 0 unspecified atom stereocenters. The lowest BCUT2D eigenvalue weighted by molar-refractivity contribution is -0.226. The average molecular weight is 227 g/mol. The highest BCUT2D eigenvalue weighted by atomic mass is 19.4. The highest BCUT2D eigenvalue weighted by Crippen LogP contribution is 2.37. The summed E-state index contributed by atoms with van der Waals surface area (Å²) in [5.74, 6) is -0.685. The summed E-state index contributed by atoms with van der Waals surface area (Å²) in [5.41, 5.74) is -2.02. The van der Waals surface area contributed by atoms with Crippen LogP contribution < -0.4 is 5.32 Å². The topological polar surface area (TPSA) is 38.3 Å². The summed E-state index contributed by atoms with van der Waals surface area (Å²) in [5, 5.41) is 2.58. The van der Waals surface area contributed by atoms with Crippen LogP contribution in [0.5, 0.6) is 0 Å². The Labute approximate surface area is 87.0 Å². The average Bonchev–Trinajstić information content (AvgIpc) is 2.11. The van der Waals surface area contributed by atoms with E-state index in [0.717, 1.165) is 13.8 Å². The summed E-state index contributed by atoms with van der Waals surface area (Å²) in [4.78, 5) is 11.1. The Morgan fingerprint density at radius 3 is 2.20 bits per heavy atom. The van der Waals surface area contributed by atoms with Crippen molar-refractivity contribution in [2.45, 2.75) is 33.0 Å². The van der Waals surface area contributed by atoms with E-state index in [-0.39, 0.29) is 0 Å². The second kappa shape index (κ2) is 4.83. The number of carbonyl (C=O) groups is 1. The number of hydrogen-bond donors (Lipinski definition) is 1. The van der Waals surface area contributed by atoms with Gasteiger partial charge >= 0.3 is 12.1 Å². The predicted octanol–water partition coefficient (Wildman–Crippen LogP) is 1.73. The number of alkyl halides is 3. The van der Waals surface area contributed by atoms with Crippen LogP contribution in [0.4, 0.5) is 13.2 Å². The summed E-state index contributed by atoms with van der Waals surface area (Å²) in [6, 6.07) is -0.603. The second-order valence-corrected chi connectivity index (χ2v) is 4.00. The molecule has 0 aromatic heterocycles. The minimum absolute atomic E-state index is 0.603. The molecule has 0 radical (unpaired) electrons. The molecule has 15 heavy (non-hydrogen) atoms. The third-order valence-electron chi connectivity index (χ3n) is 2.13. The van der Waals surface area contributed by atoms with Crippen LogP contribution in [0.2, 0.25) is 0 Å². The molecule has 0 aromatic carbocycles. The van der Waals surface area contributed by atoms with Crippen molar-refractivity contribution >= 4 is 5.97 Å². The molecule has 0 aliphatic carbocycles. The number of likely N-dealkylation sites (N-methyl/N-ethyl adjacent to an activating group) is 1. The monoisotopic (exact) mass is 227 g/mol. The van der Waals surface area contributed by atoms with E-state index in [1.165, 1.54) is 14.0 Å². The van der Waals surface area contributed by atoms with Crippen molar-refractivity contribution in [2.75, 3.05) is 13.7 Å². The van der Waals surface area contributed by atoms with Crippen molar-refractivity contribution in [3.8, 4) is 0 Å². The lowest BCUT2D eigenvalue weighted by Gasteiger charge is -2.27. The zero-order valence-corrected chi connectivity index (χ0v) is 9.23. The third-order valence-corrected chi connectivity index (χ3v) is 2.13. The molecule has 6 heteroatoms. The van der Waals surface area contributed by atoms with Crippen molar-refractivity contribution in [1.29, 1.82) is 0 Å². The number of ether oxygens (including phenoxy) is 1. The van der Waals surface area contributed by atoms with E-state index in [4.69, 9.17) is 0 Å². The Balaban J connectivity index is 4.22. The van der Waals surface area contributed by atoms with Crippen LogP contribution in [0.15, 0.2) is 0 Å². The van der Waals surface area contributed by atoms with Crippen LogP contribution >= 0.6 is 0 Å². The molecule has 0 spiro atoms. The smallest absolute Gasteiger partial charge is 0.397 e. The van der Waals surface area contributed by atoms with Crippen molar-refractivity contribution in [3.63, 3.8) is 0 Å². The van der Waals surface area contributed by atoms with Gasteiger partial charge in [0, 0.05) is 0 Å². The van der Waals surface area contributed by atoms with Crippen molar-refractivity contribution in [1.82, 2.24) is 5.32 Å². The highest BCUT2D eigenvalue weighted by Gasteiger charge is 2.48. The van der Waals surface area contributed by atoms with Gasteiger partial charge in [0.25, 0.3) is 0 Å². The number of esters is 1. The van der Waals surface area contributed by atoms with Gasteiger partial charge in [-0.25, -0.2) is 0 Å². The fourth-order valence-corrected chi connectivity index (χ4v) is 0.576. The van der Waals surface area contributed by atoms with Gasteiger partial charge in [0.05, 0.1) is 5.41 Å². The van der Waals surface area contributed by atoms with E-state index in [1.807, 2.05) is 0 Å². The normalized spacial score (nSPS) is 14.9. The minimum atomic E-state index is -4.38. The van der Waals surface area contributed by atoms with Gasteiger partial charge < -0.3 is 10.1 Å². The van der Waals surface area contributed by atoms with Crippen LogP contribution in [0, 0.1) is 5.41 Å². The maximum atomic E-state index is 12.4. The van der Waals surface area contributed by atoms with Gasteiger partial charge in [0.2, 0.25) is 0 Å². The van der Waals surface area contributed by atoms with Crippen LogP contribution in [0.3, 0.4) is 0 Å². The van der Waals surface area contributed by atoms with E-state index in [1.54, 1.807) is 0 Å². The molecular formula is C9H16F3NO2. The van der Waals surface area contributed by atoms with Crippen LogP contribution in [-0.2, 0) is 9.53 Å². The van der Waals surface area contributed by atoms with Gasteiger partial charge in [-0.1, -0.05) is 0 Å². The fourth-order valence-electron chi connectivity index (χ4n) is 0.576. The van der Waals surface area contributed by atoms with E-state index in [0.29, 0.717) is 0 Å². The van der Waals surface area contributed by atoms with Gasteiger partial charge in [-0.05, 0) is 27.8 Å². The van der Waals surface area contributed by atoms with E-state index >= 15 is 0 Å². The Morgan fingerprint density at radius 1 is 1.40 bits per heavy atom. The van der Waals surface area contributed by atoms with Gasteiger partial charge in [-0.3, -0.25) is 4.79 Å². The number of rotatable bonds is 4. The fraction of sp³-hybridized carbons (Fsp3) is 0.889. The zero-order valence-electron chi connectivity index (χ0n) is 9.23. The van der Waals surface area contributed by atoms with Crippen LogP contribution in [0.1, 0.15) is 20.8 Å². The number of nitrogens with one attached hydrogen (secondary N) is 1. The Bertz CT molecular complexity index is 226. The number of hydrogen-bond acceptors (Lipinski definition) is 3. The van der Waals surface area contributed by atoms with Crippen molar-refractivity contribution in [3.05, 3.63) is 0 Å². The van der Waals surface area contributed by atoms with Gasteiger partial charge in [0.1, 0.15) is 12.6 Å². The van der Waals surface area contributed by atoms with E-state index in [9.17, 15) is 18.0 Å². The molecule has 0 heterocycles. The zero-order chi connectivity index (χ0) is 12.3. The molecular weight excluding hydrogens is 211 g/mol. The quantitative estimate of drug-likeness (QED) is 0.743. The molecule has 0 bridgehead atoms. The Kier molecular flexibility index (Phi) is 4.58. The Morgan fingerprint density at radius 2 is 1.87 bits per heavy atom. The van der Waals surface area contributed by atoms with Crippen molar-refractivity contribution < 1.29 is 22.7 Å². The summed E-state index contributed by atoms with van der Waals surface area (Å²) < 4.78 is 41.6. The van der Waals surface area contributed by atoms with Crippen LogP contribution in [-0.4, -0.2) is 31.8 Å². The summed E-state index contributed by atoms with van der Waals surface area (Å²) >= 11 is 0. The van der Waals surface area contributed by atoms with Gasteiger partial charge in [0.15, 0.2) is 0 Å². The van der Waals surface area contributed by atoms with E-state index in [2.05, 4.69) is 10.1 Å². The molecule has 0 aromatic rings. The summed E-state index contributed by atoms with van der Waals surface area (Å²) in [6.45, 7) is 2.83. The van der Waals surface area contributed by atoms with Gasteiger partial charge in [-0.15, -0.1) is 0 Å². The first-order valence-electron chi connectivity index (χ1n) is 4.52. The largest absolute Gasteiger partial charge is 0.464 e. The molecule has 90 valence electrons. The summed E-state index contributed by atoms with van der Waals surface area (Å²) in [6.07, 6.45) is -4.38.